The van der Waals surface area contributed by atoms with Gasteiger partial charge in [-0.15, -0.1) is 26.3 Å². The van der Waals surface area contributed by atoms with E-state index in [0.29, 0.717) is 17.1 Å². The third kappa shape index (κ3) is 3.83. The molecular weight excluding hydrogens is 432 g/mol. The van der Waals surface area contributed by atoms with Crippen molar-refractivity contribution in [2.75, 3.05) is 0 Å². The molecular formula is C26H20N4O2S. The molecule has 7 heteroatoms. The molecule has 0 saturated heterocycles. The second-order valence-electron chi connectivity index (χ2n) is 7.55. The van der Waals surface area contributed by atoms with Crippen molar-refractivity contribution in [1.82, 2.24) is 20.2 Å². The summed E-state index contributed by atoms with van der Waals surface area (Å²) in [6, 6.07) is 33.8. The topological polar surface area (TPSA) is 80.9 Å². The Morgan fingerprint density at radius 3 is 1.76 bits per heavy atom. The number of carbonyl (C=O) groups is 1. The molecule has 3 aromatic carbocycles. The predicted molar refractivity (Wildman–Crippen MR) is 127 cm³/mol. The molecule has 0 saturated carbocycles. The van der Waals surface area contributed by atoms with E-state index in [0.717, 1.165) is 21.6 Å². The second-order valence-corrected chi connectivity index (χ2v) is 8.72. The molecule has 5 rings (SSSR count). The smallest absolute Gasteiger partial charge is 0.345 e. The molecule has 0 spiro atoms. The van der Waals surface area contributed by atoms with Crippen LogP contribution >= 0.6 is 11.3 Å². The fraction of sp³-hybridized carbons (Fsp3) is 0.0769. The van der Waals surface area contributed by atoms with Crippen LogP contribution in [0.5, 0.6) is 0 Å². The Hall–Kier alpha value is -4.10. The third-order valence-corrected chi connectivity index (χ3v) is 6.61. The van der Waals surface area contributed by atoms with Crippen molar-refractivity contribution in [3.8, 4) is 0 Å². The third-order valence-electron chi connectivity index (χ3n) is 5.53. The number of benzene rings is 3. The highest BCUT2D eigenvalue weighted by Crippen LogP contribution is 2.39. The molecule has 0 amide bonds. The van der Waals surface area contributed by atoms with Crippen LogP contribution < -0.4 is 0 Å². The minimum Gasteiger partial charge on any atom is -0.477 e. The fourth-order valence-electron chi connectivity index (χ4n) is 4.08. The Labute approximate surface area is 194 Å². The number of aromatic nitrogens is 4. The average Bonchev–Trinajstić information content (AvgIpc) is 3.53. The van der Waals surface area contributed by atoms with E-state index in [9.17, 15) is 9.90 Å². The Balaban J connectivity index is 1.68. The Morgan fingerprint density at radius 2 is 1.30 bits per heavy atom. The van der Waals surface area contributed by atoms with Gasteiger partial charge in [-0.05, 0) is 34.0 Å². The molecule has 0 aliphatic rings. The minimum atomic E-state index is -0.931. The number of thiophene rings is 1. The lowest BCUT2D eigenvalue weighted by atomic mass is 9.77. The van der Waals surface area contributed by atoms with E-state index in [2.05, 4.69) is 46.7 Å². The summed E-state index contributed by atoms with van der Waals surface area (Å²) >= 11 is 1.23. The average molecular weight is 453 g/mol. The van der Waals surface area contributed by atoms with Gasteiger partial charge in [-0.3, -0.25) is 0 Å². The first-order valence-corrected chi connectivity index (χ1v) is 11.3. The fourth-order valence-corrected chi connectivity index (χ4v) is 4.93. The van der Waals surface area contributed by atoms with Crippen LogP contribution in [0.4, 0.5) is 0 Å². The molecule has 5 aromatic rings. The highest BCUT2D eigenvalue weighted by atomic mass is 32.1. The summed E-state index contributed by atoms with van der Waals surface area (Å²) in [5, 5.41) is 22.9. The standard InChI is InChI=1S/C26H20N4O2S/c31-25(32)23-17-16-22(33-23)18-24-27-29-30(28-24)26(19-10-4-1-5-11-19,20-12-6-2-7-13-20)21-14-8-3-9-15-21/h1-17H,18H2,(H,31,32). The summed E-state index contributed by atoms with van der Waals surface area (Å²) in [5.41, 5.74) is 2.21. The highest BCUT2D eigenvalue weighted by Gasteiger charge is 2.41. The molecule has 0 bridgehead atoms. The lowest BCUT2D eigenvalue weighted by molar-refractivity contribution is 0.0702. The number of carboxylic acids is 1. The molecule has 0 atom stereocenters. The summed E-state index contributed by atoms with van der Waals surface area (Å²) in [5.74, 6) is -0.403. The molecule has 2 heterocycles. The molecule has 0 aliphatic carbocycles. The zero-order chi connectivity index (χ0) is 22.7. The molecule has 2 aromatic heterocycles. The van der Waals surface area contributed by atoms with Gasteiger partial charge in [0.25, 0.3) is 0 Å². The molecule has 0 radical (unpaired) electrons. The lowest BCUT2D eigenvalue weighted by Gasteiger charge is -2.34. The summed E-state index contributed by atoms with van der Waals surface area (Å²) in [6.07, 6.45) is 0.409. The van der Waals surface area contributed by atoms with Crippen molar-refractivity contribution in [1.29, 1.82) is 0 Å². The maximum atomic E-state index is 11.2. The van der Waals surface area contributed by atoms with Gasteiger partial charge in [0, 0.05) is 11.3 Å². The number of hydrogen-bond donors (Lipinski definition) is 1. The van der Waals surface area contributed by atoms with Gasteiger partial charge < -0.3 is 5.11 Å². The van der Waals surface area contributed by atoms with Crippen molar-refractivity contribution in [3.63, 3.8) is 0 Å². The van der Waals surface area contributed by atoms with Gasteiger partial charge in [-0.2, -0.15) is 0 Å². The normalized spacial score (nSPS) is 11.4. The van der Waals surface area contributed by atoms with Gasteiger partial charge in [-0.1, -0.05) is 91.0 Å². The molecule has 0 unspecified atom stereocenters. The van der Waals surface area contributed by atoms with Crippen LogP contribution in [0.15, 0.2) is 103 Å². The minimum absolute atomic E-state index is 0.296. The number of rotatable bonds is 7. The summed E-state index contributed by atoms with van der Waals surface area (Å²) in [4.78, 5) is 14.1. The van der Waals surface area contributed by atoms with E-state index in [1.54, 1.807) is 16.9 Å². The van der Waals surface area contributed by atoms with E-state index in [-0.39, 0.29) is 0 Å². The largest absolute Gasteiger partial charge is 0.477 e. The molecule has 1 N–H and O–H groups in total. The van der Waals surface area contributed by atoms with E-state index < -0.39 is 11.5 Å². The maximum absolute atomic E-state index is 11.2. The summed E-state index contributed by atoms with van der Waals surface area (Å²) in [7, 11) is 0. The molecule has 33 heavy (non-hydrogen) atoms. The van der Waals surface area contributed by atoms with Crippen molar-refractivity contribution >= 4 is 17.3 Å². The van der Waals surface area contributed by atoms with E-state index in [1.807, 2.05) is 54.6 Å². The van der Waals surface area contributed by atoms with Gasteiger partial charge in [0.1, 0.15) is 4.88 Å². The first-order chi connectivity index (χ1) is 16.2. The van der Waals surface area contributed by atoms with Crippen molar-refractivity contribution in [2.45, 2.75) is 12.0 Å². The van der Waals surface area contributed by atoms with Crippen LogP contribution in [-0.2, 0) is 12.0 Å². The monoisotopic (exact) mass is 452 g/mol. The van der Waals surface area contributed by atoms with Crippen LogP contribution in [-0.4, -0.2) is 31.3 Å². The Morgan fingerprint density at radius 1 is 0.788 bits per heavy atom. The zero-order valence-electron chi connectivity index (χ0n) is 17.6. The Kier molecular flexibility index (Phi) is 5.54. The molecule has 6 nitrogen and oxygen atoms in total. The van der Waals surface area contributed by atoms with Crippen molar-refractivity contribution in [3.05, 3.63) is 135 Å². The van der Waals surface area contributed by atoms with E-state index in [1.165, 1.54) is 11.3 Å². The lowest BCUT2D eigenvalue weighted by Crippen LogP contribution is -2.39. The predicted octanol–water partition coefficient (Wildman–Crippen LogP) is 4.86. The molecule has 0 aliphatic heterocycles. The second kappa shape index (κ2) is 8.80. The van der Waals surface area contributed by atoms with Crippen LogP contribution in [0, 0.1) is 0 Å². The van der Waals surface area contributed by atoms with Crippen molar-refractivity contribution < 1.29 is 9.90 Å². The maximum Gasteiger partial charge on any atom is 0.345 e. The number of tetrazole rings is 1. The first kappa shape index (κ1) is 20.8. The van der Waals surface area contributed by atoms with E-state index in [4.69, 9.17) is 5.10 Å². The van der Waals surface area contributed by atoms with E-state index >= 15 is 0 Å². The summed E-state index contributed by atoms with van der Waals surface area (Å²) in [6.45, 7) is 0. The van der Waals surface area contributed by atoms with Gasteiger partial charge >= 0.3 is 5.97 Å². The number of hydrogen-bond acceptors (Lipinski definition) is 5. The van der Waals surface area contributed by atoms with Gasteiger partial charge in [0.15, 0.2) is 11.4 Å². The highest BCUT2D eigenvalue weighted by molar-refractivity contribution is 7.13. The van der Waals surface area contributed by atoms with Crippen LogP contribution in [0.2, 0.25) is 0 Å². The van der Waals surface area contributed by atoms with Crippen LogP contribution in [0.1, 0.15) is 37.1 Å². The summed E-state index contributed by atoms with van der Waals surface area (Å²) < 4.78 is 0. The number of nitrogens with zero attached hydrogens (tertiary/aromatic N) is 4. The molecule has 162 valence electrons. The van der Waals surface area contributed by atoms with Gasteiger partial charge in [0.2, 0.25) is 0 Å². The number of aromatic carboxylic acids is 1. The van der Waals surface area contributed by atoms with Crippen LogP contribution in [0.3, 0.4) is 0 Å². The first-order valence-electron chi connectivity index (χ1n) is 10.5. The quantitative estimate of drug-likeness (QED) is 0.357. The Bertz CT molecular complexity index is 1270. The van der Waals surface area contributed by atoms with Crippen molar-refractivity contribution in [2.24, 2.45) is 0 Å². The number of carboxylic acid groups (broad SMARTS) is 1. The van der Waals surface area contributed by atoms with Gasteiger partial charge in [0.05, 0.1) is 0 Å². The SMILES string of the molecule is O=C(O)c1ccc(Cc2nnn(C(c3ccccc3)(c3ccccc3)c3ccccc3)n2)s1. The van der Waals surface area contributed by atoms with Crippen LogP contribution in [0.25, 0.3) is 0 Å². The zero-order valence-corrected chi connectivity index (χ0v) is 18.4. The molecule has 0 fully saturated rings. The van der Waals surface area contributed by atoms with Gasteiger partial charge in [-0.25, -0.2) is 4.79 Å².